The Kier molecular flexibility index (Phi) is 6.99. The number of aliphatic hydroxyl groups excluding tert-OH is 1. The number of carbonyl (C=O) groups excluding carboxylic acids is 1. The molecule has 1 aromatic rings. The third-order valence-corrected chi connectivity index (χ3v) is 4.29. The summed E-state index contributed by atoms with van der Waals surface area (Å²) < 4.78 is 0. The number of carboxylic acid groups (broad SMARTS) is 1. The molecule has 3 atom stereocenters. The van der Waals surface area contributed by atoms with Crippen molar-refractivity contribution in [3.05, 3.63) is 21.9 Å². The predicted octanol–water partition coefficient (Wildman–Crippen LogP) is 0.903. The van der Waals surface area contributed by atoms with Gasteiger partial charge in [0.15, 0.2) is 0 Å². The minimum Gasteiger partial charge on any atom is -0.480 e. The number of hydrogen-bond acceptors (Lipinski definition) is 5. The number of hydrogen-bond donors (Lipinski definition) is 4. The lowest BCUT2D eigenvalue weighted by Gasteiger charge is -2.21. The molecule has 0 unspecified atom stereocenters. The maximum atomic E-state index is 12.0. The Labute approximate surface area is 134 Å². The minimum atomic E-state index is -1.43. The highest BCUT2D eigenvalue weighted by Crippen LogP contribution is 2.16. The lowest BCUT2D eigenvalue weighted by molar-refractivity contribution is -0.144. The van der Waals surface area contributed by atoms with Crippen LogP contribution in [0.1, 0.15) is 30.7 Å². The number of thiophene rings is 1. The maximum absolute atomic E-state index is 12.0. The third-order valence-electron chi connectivity index (χ3n) is 3.22. The van der Waals surface area contributed by atoms with Crippen LogP contribution in [0.3, 0.4) is 0 Å². The number of amides is 1. The van der Waals surface area contributed by atoms with Gasteiger partial charge in [-0.3, -0.25) is 4.79 Å². The molecule has 1 aromatic heterocycles. The highest BCUT2D eigenvalue weighted by atomic mass is 32.1. The van der Waals surface area contributed by atoms with E-state index in [2.05, 4.69) is 5.32 Å². The Hall–Kier alpha value is -1.44. The molecule has 124 valence electrons. The van der Waals surface area contributed by atoms with Crippen LogP contribution in [0.4, 0.5) is 0 Å². The second-order valence-electron chi connectivity index (χ2n) is 5.93. The molecule has 22 heavy (non-hydrogen) atoms. The van der Waals surface area contributed by atoms with Gasteiger partial charge in [-0.1, -0.05) is 13.8 Å². The van der Waals surface area contributed by atoms with Gasteiger partial charge in [-0.15, -0.1) is 11.3 Å². The highest BCUT2D eigenvalue weighted by Gasteiger charge is 2.28. The second kappa shape index (κ2) is 8.26. The molecule has 0 aromatic carbocycles. The average molecular weight is 328 g/mol. The highest BCUT2D eigenvalue weighted by molar-refractivity contribution is 7.10. The van der Waals surface area contributed by atoms with Gasteiger partial charge in [-0.2, -0.15) is 0 Å². The smallest absolute Gasteiger partial charge is 0.326 e. The summed E-state index contributed by atoms with van der Waals surface area (Å²) in [5.41, 5.74) is 6.97. The van der Waals surface area contributed by atoms with Crippen molar-refractivity contribution in [3.8, 4) is 0 Å². The molecule has 0 spiro atoms. The van der Waals surface area contributed by atoms with E-state index >= 15 is 0 Å². The summed E-state index contributed by atoms with van der Waals surface area (Å²) in [6.45, 7) is 5.69. The lowest BCUT2D eigenvalue weighted by atomic mass is 10.0. The van der Waals surface area contributed by atoms with Gasteiger partial charge in [0.05, 0.1) is 0 Å². The van der Waals surface area contributed by atoms with E-state index in [1.54, 1.807) is 0 Å². The number of aliphatic carboxylic acids is 1. The van der Waals surface area contributed by atoms with Crippen LogP contribution in [-0.2, 0) is 16.0 Å². The van der Waals surface area contributed by atoms with Crippen molar-refractivity contribution < 1.29 is 19.8 Å². The second-order valence-corrected chi connectivity index (χ2v) is 6.93. The Morgan fingerprint density at radius 2 is 2.05 bits per heavy atom. The Morgan fingerprint density at radius 1 is 1.41 bits per heavy atom. The first-order chi connectivity index (χ1) is 10.2. The quantitative estimate of drug-likeness (QED) is 0.566. The molecule has 0 radical (unpaired) electrons. The number of aliphatic hydroxyl groups is 1. The van der Waals surface area contributed by atoms with Crippen LogP contribution in [0.2, 0.25) is 0 Å². The van der Waals surface area contributed by atoms with Crippen molar-refractivity contribution in [2.45, 2.75) is 51.8 Å². The van der Waals surface area contributed by atoms with Gasteiger partial charge >= 0.3 is 5.97 Å². The number of nitrogens with one attached hydrogen (secondary N) is 1. The van der Waals surface area contributed by atoms with Gasteiger partial charge < -0.3 is 21.3 Å². The van der Waals surface area contributed by atoms with Crippen LogP contribution in [0.15, 0.2) is 11.4 Å². The van der Waals surface area contributed by atoms with E-state index in [0.29, 0.717) is 12.8 Å². The van der Waals surface area contributed by atoms with E-state index in [4.69, 9.17) is 10.8 Å². The molecule has 0 aliphatic carbocycles. The zero-order chi connectivity index (χ0) is 16.9. The fourth-order valence-electron chi connectivity index (χ4n) is 2.09. The van der Waals surface area contributed by atoms with E-state index in [0.717, 1.165) is 10.4 Å². The molecular weight excluding hydrogens is 304 g/mol. The molecule has 0 aliphatic heterocycles. The fourth-order valence-corrected chi connectivity index (χ4v) is 3.03. The summed E-state index contributed by atoms with van der Waals surface area (Å²) in [4.78, 5) is 24.1. The van der Waals surface area contributed by atoms with E-state index < -0.39 is 30.1 Å². The summed E-state index contributed by atoms with van der Waals surface area (Å²) in [6.07, 6.45) is -0.765. The molecule has 1 heterocycles. The van der Waals surface area contributed by atoms with Crippen LogP contribution >= 0.6 is 11.3 Å². The number of carboxylic acids is 1. The number of nitrogens with two attached hydrogens (primary N) is 1. The standard InChI is InChI=1S/C15H24N2O4S/c1-8(2)4-12(15(20)21)17-14(19)13(18)11(16)6-10-5-9(3)7-22-10/h5,7-8,11-13,18H,4,6,16H2,1-3H3,(H,17,19)(H,20,21)/t11-,12+,13-/m1/s1. The van der Waals surface area contributed by atoms with Gasteiger partial charge in [0.1, 0.15) is 12.1 Å². The monoisotopic (exact) mass is 328 g/mol. The van der Waals surface area contributed by atoms with Crippen LogP contribution in [-0.4, -0.2) is 40.3 Å². The lowest BCUT2D eigenvalue weighted by Crippen LogP contribution is -2.52. The maximum Gasteiger partial charge on any atom is 0.326 e. The molecule has 1 amide bonds. The van der Waals surface area contributed by atoms with Gasteiger partial charge in [0.2, 0.25) is 0 Å². The average Bonchev–Trinajstić information content (AvgIpc) is 2.81. The van der Waals surface area contributed by atoms with Gasteiger partial charge in [0, 0.05) is 10.9 Å². The normalized spacial score (nSPS) is 15.4. The summed E-state index contributed by atoms with van der Waals surface area (Å²) in [5, 5.41) is 23.4. The molecule has 6 nitrogen and oxygen atoms in total. The topological polar surface area (TPSA) is 113 Å². The zero-order valence-electron chi connectivity index (χ0n) is 13.1. The van der Waals surface area contributed by atoms with Crippen molar-refractivity contribution in [3.63, 3.8) is 0 Å². The number of carbonyl (C=O) groups is 2. The summed E-state index contributed by atoms with van der Waals surface area (Å²) in [5.74, 6) is -1.74. The van der Waals surface area contributed by atoms with E-state index in [9.17, 15) is 14.7 Å². The first-order valence-electron chi connectivity index (χ1n) is 7.21. The summed E-state index contributed by atoms with van der Waals surface area (Å²) >= 11 is 1.52. The Morgan fingerprint density at radius 3 is 2.50 bits per heavy atom. The van der Waals surface area contributed by atoms with Gasteiger partial charge in [-0.05, 0) is 42.7 Å². The van der Waals surface area contributed by atoms with Crippen LogP contribution in [0, 0.1) is 12.8 Å². The molecule has 7 heteroatoms. The predicted molar refractivity (Wildman–Crippen MR) is 85.8 cm³/mol. The van der Waals surface area contributed by atoms with E-state index in [-0.39, 0.29) is 5.92 Å². The first-order valence-corrected chi connectivity index (χ1v) is 8.09. The number of aryl methyl sites for hydroxylation is 1. The Balaban J connectivity index is 2.60. The largest absolute Gasteiger partial charge is 0.480 e. The first kappa shape index (κ1) is 18.6. The molecule has 5 N–H and O–H groups in total. The Bertz CT molecular complexity index is 515. The van der Waals surface area contributed by atoms with Crippen molar-refractivity contribution in [1.82, 2.24) is 5.32 Å². The molecule has 0 fully saturated rings. The van der Waals surface area contributed by atoms with Crippen molar-refractivity contribution in [2.24, 2.45) is 11.7 Å². The number of rotatable bonds is 8. The van der Waals surface area contributed by atoms with Crippen LogP contribution < -0.4 is 11.1 Å². The zero-order valence-corrected chi connectivity index (χ0v) is 13.9. The van der Waals surface area contributed by atoms with Crippen molar-refractivity contribution in [1.29, 1.82) is 0 Å². The molecular formula is C15H24N2O4S. The summed E-state index contributed by atoms with van der Waals surface area (Å²) in [7, 11) is 0. The SMILES string of the molecule is Cc1csc(C[C@@H](N)[C@@H](O)C(=O)N[C@@H](CC(C)C)C(=O)O)c1. The van der Waals surface area contributed by atoms with E-state index in [1.807, 2.05) is 32.2 Å². The molecule has 0 aliphatic rings. The van der Waals surface area contributed by atoms with Gasteiger partial charge in [0.25, 0.3) is 5.91 Å². The van der Waals surface area contributed by atoms with Crippen molar-refractivity contribution in [2.75, 3.05) is 0 Å². The molecule has 0 saturated carbocycles. The van der Waals surface area contributed by atoms with Crippen LogP contribution in [0.25, 0.3) is 0 Å². The van der Waals surface area contributed by atoms with Crippen molar-refractivity contribution >= 4 is 23.2 Å². The van der Waals surface area contributed by atoms with Crippen LogP contribution in [0.5, 0.6) is 0 Å². The van der Waals surface area contributed by atoms with Gasteiger partial charge in [-0.25, -0.2) is 4.79 Å². The van der Waals surface area contributed by atoms with E-state index in [1.165, 1.54) is 11.3 Å². The molecule has 0 saturated heterocycles. The summed E-state index contributed by atoms with van der Waals surface area (Å²) in [6, 6.07) is 0.165. The molecule has 0 bridgehead atoms. The third kappa shape index (κ3) is 5.75. The minimum absolute atomic E-state index is 0.112. The fraction of sp³-hybridized carbons (Fsp3) is 0.600. The molecule has 1 rings (SSSR count).